The fraction of sp³-hybridized carbons (Fsp3) is 0.600. The minimum atomic E-state index is -0.0648. The summed E-state index contributed by atoms with van der Waals surface area (Å²) in [5.74, 6) is -0.0473. The Labute approximate surface area is 59.5 Å². The third kappa shape index (κ3) is 4.89. The lowest BCUT2D eigenvalue weighted by Gasteiger charge is -1.94. The van der Waals surface area contributed by atoms with Gasteiger partial charge in [0.2, 0.25) is 5.91 Å². The topological polar surface area (TPSA) is 93.5 Å². The summed E-state index contributed by atoms with van der Waals surface area (Å²) in [6.07, 6.45) is 0.328. The van der Waals surface area contributed by atoms with Crippen LogP contribution in [0.15, 0.2) is 4.99 Å². The standard InChI is InChI=1S/C5H12N4O/c1-8-4(10)2-3-9-5(6)7/h2-3H2,1H3,(H,8,10)(H4,6,7,9). The Kier molecular flexibility index (Phi) is 4.02. The van der Waals surface area contributed by atoms with Gasteiger partial charge in [0.25, 0.3) is 0 Å². The summed E-state index contributed by atoms with van der Waals surface area (Å²) in [4.78, 5) is 14.2. The first-order valence-corrected chi connectivity index (χ1v) is 2.92. The first kappa shape index (κ1) is 8.74. The zero-order chi connectivity index (χ0) is 7.98. The van der Waals surface area contributed by atoms with Gasteiger partial charge in [-0.2, -0.15) is 0 Å². The largest absolute Gasteiger partial charge is 0.370 e. The third-order valence-corrected chi connectivity index (χ3v) is 0.912. The molecule has 10 heavy (non-hydrogen) atoms. The van der Waals surface area contributed by atoms with Gasteiger partial charge in [0.05, 0.1) is 6.54 Å². The van der Waals surface area contributed by atoms with Crippen molar-refractivity contribution >= 4 is 11.9 Å². The Bertz CT molecular complexity index is 139. The molecule has 0 radical (unpaired) electrons. The summed E-state index contributed by atoms with van der Waals surface area (Å²) >= 11 is 0. The SMILES string of the molecule is CNC(=O)CCN=C(N)N. The van der Waals surface area contributed by atoms with Gasteiger partial charge in [-0.15, -0.1) is 0 Å². The molecule has 0 aromatic heterocycles. The first-order chi connectivity index (χ1) is 4.66. The highest BCUT2D eigenvalue weighted by molar-refractivity contribution is 5.78. The van der Waals surface area contributed by atoms with Crippen LogP contribution in [0.2, 0.25) is 0 Å². The van der Waals surface area contributed by atoms with Crippen molar-refractivity contribution in [3.05, 3.63) is 0 Å². The van der Waals surface area contributed by atoms with Crippen LogP contribution >= 0.6 is 0 Å². The van der Waals surface area contributed by atoms with E-state index in [-0.39, 0.29) is 11.9 Å². The van der Waals surface area contributed by atoms with Crippen molar-refractivity contribution in [3.8, 4) is 0 Å². The van der Waals surface area contributed by atoms with Crippen molar-refractivity contribution in [2.45, 2.75) is 6.42 Å². The highest BCUT2D eigenvalue weighted by atomic mass is 16.1. The van der Waals surface area contributed by atoms with Gasteiger partial charge in [0.15, 0.2) is 5.96 Å². The summed E-state index contributed by atoms with van der Waals surface area (Å²) in [7, 11) is 1.57. The number of guanidine groups is 1. The van der Waals surface area contributed by atoms with Crippen molar-refractivity contribution in [3.63, 3.8) is 0 Å². The zero-order valence-corrected chi connectivity index (χ0v) is 5.92. The number of carbonyl (C=O) groups excluding carboxylic acids is 1. The van der Waals surface area contributed by atoms with Gasteiger partial charge in [0.1, 0.15) is 0 Å². The molecule has 0 fully saturated rings. The highest BCUT2D eigenvalue weighted by Gasteiger charge is 1.93. The molecular formula is C5H12N4O. The maximum atomic E-state index is 10.5. The average molecular weight is 144 g/mol. The van der Waals surface area contributed by atoms with Crippen LogP contribution in [0.4, 0.5) is 0 Å². The maximum absolute atomic E-state index is 10.5. The van der Waals surface area contributed by atoms with E-state index in [2.05, 4.69) is 10.3 Å². The minimum Gasteiger partial charge on any atom is -0.370 e. The molecule has 0 atom stereocenters. The second kappa shape index (κ2) is 4.60. The molecular weight excluding hydrogens is 132 g/mol. The van der Waals surface area contributed by atoms with Crippen LogP contribution < -0.4 is 16.8 Å². The lowest BCUT2D eigenvalue weighted by atomic mass is 10.4. The first-order valence-electron chi connectivity index (χ1n) is 2.92. The number of hydrogen-bond donors (Lipinski definition) is 3. The number of carbonyl (C=O) groups is 1. The molecule has 5 heteroatoms. The lowest BCUT2D eigenvalue weighted by molar-refractivity contribution is -0.120. The summed E-state index contributed by atoms with van der Waals surface area (Å²) in [5, 5.41) is 2.45. The predicted octanol–water partition coefficient (Wildman–Crippen LogP) is -1.60. The Hall–Kier alpha value is -1.26. The van der Waals surface area contributed by atoms with E-state index in [4.69, 9.17) is 11.5 Å². The van der Waals surface area contributed by atoms with Crippen molar-refractivity contribution in [1.82, 2.24) is 5.32 Å². The van der Waals surface area contributed by atoms with E-state index in [0.717, 1.165) is 0 Å². The van der Waals surface area contributed by atoms with E-state index in [1.54, 1.807) is 7.05 Å². The number of hydrogen-bond acceptors (Lipinski definition) is 2. The second-order valence-electron chi connectivity index (χ2n) is 1.73. The number of nitrogens with zero attached hydrogens (tertiary/aromatic N) is 1. The molecule has 0 bridgehead atoms. The fourth-order valence-electron chi connectivity index (χ4n) is 0.412. The molecule has 0 saturated heterocycles. The monoisotopic (exact) mass is 144 g/mol. The van der Waals surface area contributed by atoms with Gasteiger partial charge in [-0.25, -0.2) is 0 Å². The molecule has 0 unspecified atom stereocenters. The van der Waals surface area contributed by atoms with E-state index in [1.807, 2.05) is 0 Å². The van der Waals surface area contributed by atoms with Crippen molar-refractivity contribution < 1.29 is 4.79 Å². The second-order valence-corrected chi connectivity index (χ2v) is 1.73. The number of amides is 1. The zero-order valence-electron chi connectivity index (χ0n) is 5.92. The molecule has 0 aromatic carbocycles. The van der Waals surface area contributed by atoms with E-state index < -0.39 is 0 Å². The molecule has 5 nitrogen and oxygen atoms in total. The van der Waals surface area contributed by atoms with E-state index >= 15 is 0 Å². The molecule has 0 aliphatic carbocycles. The van der Waals surface area contributed by atoms with Gasteiger partial charge in [-0.05, 0) is 0 Å². The van der Waals surface area contributed by atoms with Crippen molar-refractivity contribution in [2.24, 2.45) is 16.5 Å². The number of rotatable bonds is 3. The third-order valence-electron chi connectivity index (χ3n) is 0.912. The number of nitrogens with one attached hydrogen (secondary N) is 1. The van der Waals surface area contributed by atoms with Gasteiger partial charge < -0.3 is 16.8 Å². The molecule has 0 spiro atoms. The average Bonchev–Trinajstić information content (AvgIpc) is 1.87. The lowest BCUT2D eigenvalue weighted by Crippen LogP contribution is -2.24. The summed E-state index contributed by atoms with van der Waals surface area (Å²) in [5.41, 5.74) is 10.0. The van der Waals surface area contributed by atoms with Gasteiger partial charge in [-0.3, -0.25) is 9.79 Å². The molecule has 1 amide bonds. The molecule has 0 rings (SSSR count). The van der Waals surface area contributed by atoms with E-state index in [0.29, 0.717) is 13.0 Å². The van der Waals surface area contributed by atoms with Crippen LogP contribution in [-0.4, -0.2) is 25.5 Å². The summed E-state index contributed by atoms with van der Waals surface area (Å²) in [6.45, 7) is 0.349. The number of nitrogens with two attached hydrogens (primary N) is 2. The van der Waals surface area contributed by atoms with Gasteiger partial charge >= 0.3 is 0 Å². The quantitative estimate of drug-likeness (QED) is 0.329. The van der Waals surface area contributed by atoms with E-state index in [1.165, 1.54) is 0 Å². The molecule has 0 saturated carbocycles. The van der Waals surface area contributed by atoms with Crippen LogP contribution in [0.5, 0.6) is 0 Å². The Morgan fingerprint density at radius 3 is 2.60 bits per heavy atom. The molecule has 5 N–H and O–H groups in total. The Morgan fingerprint density at radius 2 is 2.20 bits per heavy atom. The van der Waals surface area contributed by atoms with Crippen LogP contribution in [0.25, 0.3) is 0 Å². The van der Waals surface area contributed by atoms with Crippen LogP contribution in [0.3, 0.4) is 0 Å². The minimum absolute atomic E-state index is 0.0175. The smallest absolute Gasteiger partial charge is 0.221 e. The fourth-order valence-corrected chi connectivity index (χ4v) is 0.412. The van der Waals surface area contributed by atoms with Crippen molar-refractivity contribution in [2.75, 3.05) is 13.6 Å². The molecule has 0 aliphatic rings. The Morgan fingerprint density at radius 1 is 1.60 bits per heavy atom. The van der Waals surface area contributed by atoms with Crippen LogP contribution in [0, 0.1) is 0 Å². The Balaban J connectivity index is 3.37. The maximum Gasteiger partial charge on any atom is 0.221 e. The van der Waals surface area contributed by atoms with Crippen LogP contribution in [-0.2, 0) is 4.79 Å². The van der Waals surface area contributed by atoms with Crippen molar-refractivity contribution in [1.29, 1.82) is 0 Å². The number of aliphatic imine (C=N–C) groups is 1. The van der Waals surface area contributed by atoms with E-state index in [9.17, 15) is 4.79 Å². The van der Waals surface area contributed by atoms with Gasteiger partial charge in [-0.1, -0.05) is 0 Å². The molecule has 0 aliphatic heterocycles. The van der Waals surface area contributed by atoms with Gasteiger partial charge in [0, 0.05) is 13.5 Å². The summed E-state index contributed by atoms with van der Waals surface area (Å²) in [6, 6.07) is 0. The normalized spacial score (nSPS) is 8.50. The van der Waals surface area contributed by atoms with Crippen LogP contribution in [0.1, 0.15) is 6.42 Å². The molecule has 0 heterocycles. The highest BCUT2D eigenvalue weighted by Crippen LogP contribution is 1.78. The molecule has 58 valence electrons. The molecule has 0 aromatic rings. The summed E-state index contributed by atoms with van der Waals surface area (Å²) < 4.78 is 0. The predicted molar refractivity (Wildman–Crippen MR) is 39.4 cm³/mol.